The van der Waals surface area contributed by atoms with Crippen molar-refractivity contribution < 1.29 is 27.4 Å². The molecule has 1 aromatic heterocycles. The Morgan fingerprint density at radius 2 is 1.90 bits per heavy atom. The van der Waals surface area contributed by atoms with Crippen LogP contribution in [0.15, 0.2) is 54.7 Å². The molecule has 0 spiro atoms. The van der Waals surface area contributed by atoms with Crippen molar-refractivity contribution in [3.63, 3.8) is 0 Å². The Bertz CT molecular complexity index is 1080. The minimum Gasteiger partial charge on any atom is -0.493 e. The van der Waals surface area contributed by atoms with Crippen LogP contribution in [0.4, 0.5) is 13.2 Å². The van der Waals surface area contributed by atoms with Gasteiger partial charge in [-0.15, -0.1) is 0 Å². The SMILES string of the molecule is CCOc1ccc2ccccc2c1C(=O)N1CC(Oc2ncccc2C(F)(F)F)C1. The minimum atomic E-state index is -4.56. The number of halogens is 3. The van der Waals surface area contributed by atoms with Gasteiger partial charge < -0.3 is 14.4 Å². The molecule has 1 aliphatic rings. The molecule has 156 valence electrons. The van der Waals surface area contributed by atoms with Gasteiger partial charge in [0.15, 0.2) is 0 Å². The largest absolute Gasteiger partial charge is 0.493 e. The molecule has 0 N–H and O–H groups in total. The first-order valence-corrected chi connectivity index (χ1v) is 9.51. The van der Waals surface area contributed by atoms with Gasteiger partial charge in [-0.2, -0.15) is 13.2 Å². The predicted molar refractivity (Wildman–Crippen MR) is 105 cm³/mol. The summed E-state index contributed by atoms with van der Waals surface area (Å²) in [6.45, 7) is 2.58. The summed E-state index contributed by atoms with van der Waals surface area (Å²) in [6, 6.07) is 13.3. The molecule has 1 amide bonds. The molecule has 4 rings (SSSR count). The molecule has 1 fully saturated rings. The third-order valence-electron chi connectivity index (χ3n) is 4.89. The molecule has 8 heteroatoms. The van der Waals surface area contributed by atoms with Crippen LogP contribution >= 0.6 is 0 Å². The second kappa shape index (κ2) is 7.85. The second-order valence-electron chi connectivity index (χ2n) is 6.90. The summed E-state index contributed by atoms with van der Waals surface area (Å²) in [5, 5.41) is 1.67. The number of fused-ring (bicyclic) bond motifs is 1. The molecule has 0 unspecified atom stereocenters. The van der Waals surface area contributed by atoms with Crippen LogP contribution in [0.3, 0.4) is 0 Å². The Labute approximate surface area is 171 Å². The van der Waals surface area contributed by atoms with Crippen molar-refractivity contribution in [2.24, 2.45) is 0 Å². The number of likely N-dealkylation sites (tertiary alicyclic amines) is 1. The molecule has 0 saturated carbocycles. The normalized spacial score (nSPS) is 14.5. The number of pyridine rings is 1. The molecule has 3 aromatic rings. The first-order valence-electron chi connectivity index (χ1n) is 9.51. The van der Waals surface area contributed by atoms with Crippen LogP contribution in [0, 0.1) is 0 Å². The monoisotopic (exact) mass is 416 g/mol. The summed E-state index contributed by atoms with van der Waals surface area (Å²) in [5.41, 5.74) is -0.482. The van der Waals surface area contributed by atoms with Gasteiger partial charge in [-0.05, 0) is 35.9 Å². The average Bonchev–Trinajstić information content (AvgIpc) is 2.69. The van der Waals surface area contributed by atoms with Crippen LogP contribution in [0.25, 0.3) is 10.8 Å². The van der Waals surface area contributed by atoms with Crippen LogP contribution in [-0.2, 0) is 6.18 Å². The van der Waals surface area contributed by atoms with Crippen molar-refractivity contribution in [1.29, 1.82) is 0 Å². The van der Waals surface area contributed by atoms with Gasteiger partial charge in [0.1, 0.15) is 17.4 Å². The fraction of sp³-hybridized carbons (Fsp3) is 0.273. The van der Waals surface area contributed by atoms with Crippen LogP contribution in [-0.4, -0.2) is 41.6 Å². The van der Waals surface area contributed by atoms with E-state index >= 15 is 0 Å². The Balaban J connectivity index is 1.53. The lowest BCUT2D eigenvalue weighted by Crippen LogP contribution is -2.56. The number of carbonyl (C=O) groups excluding carboxylic acids is 1. The Morgan fingerprint density at radius 1 is 1.13 bits per heavy atom. The molecule has 0 bridgehead atoms. The molecule has 0 aliphatic carbocycles. The average molecular weight is 416 g/mol. The van der Waals surface area contributed by atoms with Crippen molar-refractivity contribution in [3.8, 4) is 11.6 Å². The van der Waals surface area contributed by atoms with E-state index in [4.69, 9.17) is 9.47 Å². The molecule has 2 aromatic carbocycles. The van der Waals surface area contributed by atoms with Gasteiger partial charge in [0.25, 0.3) is 5.91 Å². The number of amides is 1. The maximum atomic E-state index is 13.2. The van der Waals surface area contributed by atoms with Gasteiger partial charge in [0.2, 0.25) is 5.88 Å². The zero-order valence-electron chi connectivity index (χ0n) is 16.1. The summed E-state index contributed by atoms with van der Waals surface area (Å²) < 4.78 is 50.4. The van der Waals surface area contributed by atoms with Gasteiger partial charge in [-0.25, -0.2) is 4.98 Å². The van der Waals surface area contributed by atoms with E-state index in [1.165, 1.54) is 17.2 Å². The highest BCUT2D eigenvalue weighted by Crippen LogP contribution is 2.36. The fourth-order valence-corrected chi connectivity index (χ4v) is 3.44. The van der Waals surface area contributed by atoms with Crippen LogP contribution in [0.5, 0.6) is 11.6 Å². The number of aromatic nitrogens is 1. The van der Waals surface area contributed by atoms with E-state index in [0.717, 1.165) is 16.8 Å². The third kappa shape index (κ3) is 3.77. The number of hydrogen-bond acceptors (Lipinski definition) is 4. The molecule has 5 nitrogen and oxygen atoms in total. The Morgan fingerprint density at radius 3 is 2.63 bits per heavy atom. The number of hydrogen-bond donors (Lipinski definition) is 0. The van der Waals surface area contributed by atoms with E-state index in [1.807, 2.05) is 37.3 Å². The molecule has 2 heterocycles. The number of ether oxygens (including phenoxy) is 2. The first-order chi connectivity index (χ1) is 14.4. The molecule has 1 aliphatic heterocycles. The van der Waals surface area contributed by atoms with Crippen LogP contribution in [0.1, 0.15) is 22.8 Å². The smallest absolute Gasteiger partial charge is 0.421 e. The highest BCUT2D eigenvalue weighted by atomic mass is 19.4. The quantitative estimate of drug-likeness (QED) is 0.612. The van der Waals surface area contributed by atoms with Crippen molar-refractivity contribution in [3.05, 3.63) is 65.9 Å². The van der Waals surface area contributed by atoms with E-state index in [9.17, 15) is 18.0 Å². The van der Waals surface area contributed by atoms with E-state index in [0.29, 0.717) is 17.9 Å². The number of benzene rings is 2. The Hall–Kier alpha value is -3.29. The third-order valence-corrected chi connectivity index (χ3v) is 4.89. The lowest BCUT2D eigenvalue weighted by Gasteiger charge is -2.39. The van der Waals surface area contributed by atoms with Crippen molar-refractivity contribution in [1.82, 2.24) is 9.88 Å². The summed E-state index contributed by atoms with van der Waals surface area (Å²) in [4.78, 5) is 18.4. The van der Waals surface area contributed by atoms with E-state index in [-0.39, 0.29) is 19.0 Å². The topological polar surface area (TPSA) is 51.7 Å². The summed E-state index contributed by atoms with van der Waals surface area (Å²) in [7, 11) is 0. The number of alkyl halides is 3. The Kier molecular flexibility index (Phi) is 5.24. The standard InChI is InChI=1S/C22H19F3N2O3/c1-2-29-18-10-9-14-6-3-4-7-16(14)19(18)21(28)27-12-15(13-27)30-20-17(22(23,24)25)8-5-11-26-20/h3-11,15H,2,12-13H2,1H3. The van der Waals surface area contributed by atoms with Crippen molar-refractivity contribution in [2.45, 2.75) is 19.2 Å². The van der Waals surface area contributed by atoms with Gasteiger partial charge in [-0.3, -0.25) is 4.79 Å². The zero-order valence-corrected chi connectivity index (χ0v) is 16.1. The van der Waals surface area contributed by atoms with Crippen molar-refractivity contribution >= 4 is 16.7 Å². The lowest BCUT2D eigenvalue weighted by atomic mass is 10.0. The van der Waals surface area contributed by atoms with Crippen LogP contribution in [0.2, 0.25) is 0 Å². The van der Waals surface area contributed by atoms with E-state index < -0.39 is 23.7 Å². The predicted octanol–water partition coefficient (Wildman–Crippen LogP) is 4.56. The maximum absolute atomic E-state index is 13.2. The van der Waals surface area contributed by atoms with Gasteiger partial charge in [-0.1, -0.05) is 30.3 Å². The highest BCUT2D eigenvalue weighted by molar-refractivity contribution is 6.09. The second-order valence-corrected chi connectivity index (χ2v) is 6.90. The van der Waals surface area contributed by atoms with Crippen LogP contribution < -0.4 is 9.47 Å². The molecule has 0 atom stereocenters. The number of nitrogens with zero attached hydrogens (tertiary/aromatic N) is 2. The van der Waals surface area contributed by atoms with E-state index in [2.05, 4.69) is 4.98 Å². The molecule has 1 saturated heterocycles. The maximum Gasteiger partial charge on any atom is 0.421 e. The summed E-state index contributed by atoms with van der Waals surface area (Å²) in [6.07, 6.45) is -3.87. The van der Waals surface area contributed by atoms with Gasteiger partial charge in [0.05, 0.1) is 25.3 Å². The number of carbonyl (C=O) groups is 1. The number of rotatable bonds is 5. The zero-order chi connectivity index (χ0) is 21.3. The molecular weight excluding hydrogens is 397 g/mol. The first kappa shape index (κ1) is 20.0. The summed E-state index contributed by atoms with van der Waals surface area (Å²) in [5.74, 6) is -0.232. The van der Waals surface area contributed by atoms with Gasteiger partial charge in [0, 0.05) is 6.20 Å². The fourth-order valence-electron chi connectivity index (χ4n) is 3.44. The van der Waals surface area contributed by atoms with Gasteiger partial charge >= 0.3 is 6.18 Å². The van der Waals surface area contributed by atoms with Crippen molar-refractivity contribution in [2.75, 3.05) is 19.7 Å². The van der Waals surface area contributed by atoms with E-state index in [1.54, 1.807) is 6.07 Å². The minimum absolute atomic E-state index is 0.168. The molecule has 30 heavy (non-hydrogen) atoms. The lowest BCUT2D eigenvalue weighted by molar-refractivity contribution is -0.140. The molecular formula is C22H19F3N2O3. The molecule has 0 radical (unpaired) electrons. The summed E-state index contributed by atoms with van der Waals surface area (Å²) >= 11 is 0. The highest BCUT2D eigenvalue weighted by Gasteiger charge is 2.39.